The highest BCUT2D eigenvalue weighted by molar-refractivity contribution is 4.66. The smallest absolute Gasteiger partial charge is 0.372 e. The van der Waals surface area contributed by atoms with Crippen LogP contribution in [0, 0.1) is 0 Å². The fraction of sp³-hybridized carbons (Fsp3) is 1.00. The zero-order valence-corrected chi connectivity index (χ0v) is 9.03. The van der Waals surface area contributed by atoms with Crippen LogP contribution in [0.2, 0.25) is 0 Å². The maximum absolute atomic E-state index is 11.7. The molecule has 1 atom stereocenters. The van der Waals surface area contributed by atoms with Crippen LogP contribution in [0.4, 0.5) is 13.2 Å². The monoisotopic (exact) mass is 213 g/mol. The van der Waals surface area contributed by atoms with Gasteiger partial charge in [-0.15, -0.1) is 0 Å². The molecule has 0 aromatic carbocycles. The van der Waals surface area contributed by atoms with E-state index in [0.29, 0.717) is 0 Å². The van der Waals surface area contributed by atoms with Crippen molar-refractivity contribution < 1.29 is 17.9 Å². The standard InChI is InChI=1S/C9H18F3NO/c1-7(14-8(2,3)4)5-13-6-9(10,11)12/h7,13H,5-6H2,1-4H3. The number of rotatable bonds is 4. The molecule has 0 aromatic rings. The van der Waals surface area contributed by atoms with E-state index in [-0.39, 0.29) is 18.2 Å². The van der Waals surface area contributed by atoms with Crippen LogP contribution in [0.15, 0.2) is 0 Å². The summed E-state index contributed by atoms with van der Waals surface area (Å²) in [6.07, 6.45) is -4.38. The van der Waals surface area contributed by atoms with Gasteiger partial charge >= 0.3 is 6.18 Å². The Balaban J connectivity index is 3.60. The number of hydrogen-bond acceptors (Lipinski definition) is 2. The average Bonchev–Trinajstić information content (AvgIpc) is 1.78. The molecular weight excluding hydrogens is 195 g/mol. The average molecular weight is 213 g/mol. The third kappa shape index (κ3) is 9.80. The van der Waals surface area contributed by atoms with Gasteiger partial charge in [0.2, 0.25) is 0 Å². The molecule has 5 heteroatoms. The van der Waals surface area contributed by atoms with Gasteiger partial charge in [-0.1, -0.05) is 0 Å². The van der Waals surface area contributed by atoms with Crippen molar-refractivity contribution in [2.45, 2.75) is 45.6 Å². The maximum atomic E-state index is 11.7. The van der Waals surface area contributed by atoms with Gasteiger partial charge < -0.3 is 10.1 Å². The van der Waals surface area contributed by atoms with Crippen LogP contribution in [0.3, 0.4) is 0 Å². The lowest BCUT2D eigenvalue weighted by atomic mass is 10.2. The first-order valence-electron chi connectivity index (χ1n) is 4.55. The van der Waals surface area contributed by atoms with E-state index in [2.05, 4.69) is 5.32 Å². The summed E-state index contributed by atoms with van der Waals surface area (Å²) in [7, 11) is 0. The molecule has 1 N–H and O–H groups in total. The zero-order valence-electron chi connectivity index (χ0n) is 9.03. The molecule has 0 aliphatic heterocycles. The Morgan fingerprint density at radius 2 is 1.71 bits per heavy atom. The summed E-state index contributed by atoms with van der Waals surface area (Å²) >= 11 is 0. The maximum Gasteiger partial charge on any atom is 0.401 e. The molecule has 0 aromatic heterocycles. The molecule has 0 aliphatic rings. The van der Waals surface area contributed by atoms with E-state index in [1.54, 1.807) is 6.92 Å². The third-order valence-electron chi connectivity index (χ3n) is 1.31. The summed E-state index contributed by atoms with van der Waals surface area (Å²) in [4.78, 5) is 0. The molecule has 0 fully saturated rings. The van der Waals surface area contributed by atoms with Gasteiger partial charge in [-0.25, -0.2) is 0 Å². The molecule has 14 heavy (non-hydrogen) atoms. The molecule has 0 spiro atoms. The van der Waals surface area contributed by atoms with Gasteiger partial charge in [0.05, 0.1) is 18.2 Å². The molecule has 0 amide bonds. The first kappa shape index (κ1) is 13.7. The molecule has 2 nitrogen and oxygen atoms in total. The van der Waals surface area contributed by atoms with Crippen molar-refractivity contribution >= 4 is 0 Å². The number of ether oxygens (including phenoxy) is 1. The van der Waals surface area contributed by atoms with Gasteiger partial charge in [-0.2, -0.15) is 13.2 Å². The molecule has 86 valence electrons. The normalized spacial score (nSPS) is 15.6. The second-order valence-corrected chi connectivity index (χ2v) is 4.29. The van der Waals surface area contributed by atoms with E-state index in [4.69, 9.17) is 4.74 Å². The Labute approximate surface area is 82.8 Å². The Hall–Kier alpha value is -0.290. The van der Waals surface area contributed by atoms with Crippen molar-refractivity contribution in [1.82, 2.24) is 5.32 Å². The summed E-state index contributed by atoms with van der Waals surface area (Å²) in [6, 6.07) is 0. The highest BCUT2D eigenvalue weighted by atomic mass is 19.4. The van der Waals surface area contributed by atoms with Crippen LogP contribution >= 0.6 is 0 Å². The highest BCUT2D eigenvalue weighted by Gasteiger charge is 2.26. The molecule has 0 heterocycles. The highest BCUT2D eigenvalue weighted by Crippen LogP contribution is 2.13. The van der Waals surface area contributed by atoms with Crippen molar-refractivity contribution in [3.05, 3.63) is 0 Å². The summed E-state index contributed by atoms with van der Waals surface area (Å²) in [5.74, 6) is 0. The molecule has 0 rings (SSSR count). The molecule has 0 bridgehead atoms. The van der Waals surface area contributed by atoms with E-state index < -0.39 is 12.7 Å². The first-order valence-corrected chi connectivity index (χ1v) is 4.55. The van der Waals surface area contributed by atoms with Crippen molar-refractivity contribution in [3.63, 3.8) is 0 Å². The summed E-state index contributed by atoms with van der Waals surface area (Å²) in [5.41, 5.74) is -0.320. The van der Waals surface area contributed by atoms with Crippen molar-refractivity contribution in [2.24, 2.45) is 0 Å². The van der Waals surface area contributed by atoms with Gasteiger partial charge in [-0.3, -0.25) is 0 Å². The van der Waals surface area contributed by atoms with Gasteiger partial charge in [0.15, 0.2) is 0 Å². The molecule has 0 radical (unpaired) electrons. The minimum Gasteiger partial charge on any atom is -0.372 e. The molecule has 1 unspecified atom stereocenters. The lowest BCUT2D eigenvalue weighted by Crippen LogP contribution is -2.37. The van der Waals surface area contributed by atoms with Crippen molar-refractivity contribution in [2.75, 3.05) is 13.1 Å². The quantitative estimate of drug-likeness (QED) is 0.774. The topological polar surface area (TPSA) is 21.3 Å². The van der Waals surface area contributed by atoms with Crippen LogP contribution < -0.4 is 5.32 Å². The van der Waals surface area contributed by atoms with Crippen LogP contribution in [-0.4, -0.2) is 31.0 Å². The Bertz CT molecular complexity index is 162. The van der Waals surface area contributed by atoms with Crippen LogP contribution in [0.1, 0.15) is 27.7 Å². The van der Waals surface area contributed by atoms with E-state index in [9.17, 15) is 13.2 Å². The number of hydrogen-bond donors (Lipinski definition) is 1. The Kier molecular flexibility index (Phi) is 4.88. The van der Waals surface area contributed by atoms with Crippen molar-refractivity contribution in [1.29, 1.82) is 0 Å². The van der Waals surface area contributed by atoms with E-state index in [1.807, 2.05) is 20.8 Å². The second-order valence-electron chi connectivity index (χ2n) is 4.29. The second kappa shape index (κ2) is 4.98. The zero-order chi connectivity index (χ0) is 11.4. The molecule has 0 aliphatic carbocycles. The van der Waals surface area contributed by atoms with Crippen LogP contribution in [0.5, 0.6) is 0 Å². The van der Waals surface area contributed by atoms with E-state index in [1.165, 1.54) is 0 Å². The first-order chi connectivity index (χ1) is 6.10. The van der Waals surface area contributed by atoms with Gasteiger partial charge in [-0.05, 0) is 27.7 Å². The minimum absolute atomic E-state index is 0.205. The lowest BCUT2D eigenvalue weighted by Gasteiger charge is -2.25. The number of halogens is 3. The van der Waals surface area contributed by atoms with Crippen molar-refractivity contribution in [3.8, 4) is 0 Å². The molecular formula is C9H18F3NO. The van der Waals surface area contributed by atoms with E-state index >= 15 is 0 Å². The van der Waals surface area contributed by atoms with Gasteiger partial charge in [0.25, 0.3) is 0 Å². The number of nitrogens with one attached hydrogen (secondary N) is 1. The molecule has 0 saturated carbocycles. The lowest BCUT2D eigenvalue weighted by molar-refractivity contribution is -0.127. The van der Waals surface area contributed by atoms with Crippen LogP contribution in [-0.2, 0) is 4.74 Å². The van der Waals surface area contributed by atoms with Gasteiger partial charge in [0.1, 0.15) is 0 Å². The fourth-order valence-corrected chi connectivity index (χ4v) is 1.06. The Morgan fingerprint density at radius 3 is 2.07 bits per heavy atom. The fourth-order valence-electron chi connectivity index (χ4n) is 1.06. The summed E-state index contributed by atoms with van der Waals surface area (Å²) in [5, 5.41) is 2.30. The predicted octanol–water partition coefficient (Wildman–Crippen LogP) is 2.34. The number of alkyl halides is 3. The van der Waals surface area contributed by atoms with Crippen LogP contribution in [0.25, 0.3) is 0 Å². The Morgan fingerprint density at radius 1 is 1.21 bits per heavy atom. The largest absolute Gasteiger partial charge is 0.401 e. The predicted molar refractivity (Wildman–Crippen MR) is 49.2 cm³/mol. The summed E-state index contributed by atoms with van der Waals surface area (Å²) in [6.45, 7) is 6.59. The third-order valence-corrected chi connectivity index (χ3v) is 1.31. The SMILES string of the molecule is CC(CNCC(F)(F)F)OC(C)(C)C. The molecule has 0 saturated heterocycles. The van der Waals surface area contributed by atoms with Gasteiger partial charge in [0, 0.05) is 6.54 Å². The summed E-state index contributed by atoms with van der Waals surface area (Å²) < 4.78 is 40.6. The van der Waals surface area contributed by atoms with E-state index in [0.717, 1.165) is 0 Å². The minimum atomic E-state index is -4.15.